The molecule has 88 valence electrons. The van der Waals surface area contributed by atoms with Gasteiger partial charge in [-0.25, -0.2) is 8.78 Å². The van der Waals surface area contributed by atoms with Crippen LogP contribution in [0.1, 0.15) is 11.1 Å². The highest BCUT2D eigenvalue weighted by atomic mass is 79.9. The van der Waals surface area contributed by atoms with Gasteiger partial charge in [-0.3, -0.25) is 4.79 Å². The molecule has 0 amide bonds. The van der Waals surface area contributed by atoms with E-state index in [0.29, 0.717) is 0 Å². The molecule has 0 N–H and O–H groups in total. The largest absolute Gasteiger partial charge is 0.468 e. The molecule has 0 aliphatic rings. The molecule has 1 aromatic rings. The Hall–Kier alpha value is -0.970. The van der Waals surface area contributed by atoms with E-state index in [0.717, 1.165) is 12.1 Å². The molecule has 1 rings (SSSR count). The lowest BCUT2D eigenvalue weighted by Gasteiger charge is -2.09. The van der Waals surface area contributed by atoms with Crippen LogP contribution in [0.4, 0.5) is 8.78 Å². The van der Waals surface area contributed by atoms with Gasteiger partial charge in [-0.05, 0) is 36.6 Å². The molecule has 0 fully saturated rings. The Morgan fingerprint density at radius 1 is 1.44 bits per heavy atom. The Balaban J connectivity index is 2.89. The number of halogens is 3. The van der Waals surface area contributed by atoms with Gasteiger partial charge >= 0.3 is 5.97 Å². The van der Waals surface area contributed by atoms with Gasteiger partial charge in [0, 0.05) is 0 Å². The Labute approximate surface area is 101 Å². The lowest BCUT2D eigenvalue weighted by molar-refractivity contribution is -0.139. The van der Waals surface area contributed by atoms with E-state index in [1.807, 2.05) is 0 Å². The summed E-state index contributed by atoms with van der Waals surface area (Å²) in [5, 5.41) is 0. The number of benzene rings is 1. The summed E-state index contributed by atoms with van der Waals surface area (Å²) in [7, 11) is 1.24. The van der Waals surface area contributed by atoms with Crippen LogP contribution in [0, 0.1) is 18.6 Å². The van der Waals surface area contributed by atoms with Gasteiger partial charge in [0.05, 0.1) is 7.11 Å². The van der Waals surface area contributed by atoms with Crippen LogP contribution in [0.25, 0.3) is 0 Å². The zero-order valence-corrected chi connectivity index (χ0v) is 10.5. The molecule has 1 atom stereocenters. The van der Waals surface area contributed by atoms with Crippen LogP contribution in [0.2, 0.25) is 0 Å². The highest BCUT2D eigenvalue weighted by molar-refractivity contribution is 9.10. The summed E-state index contributed by atoms with van der Waals surface area (Å²) in [6, 6.07) is 2.21. The maximum absolute atomic E-state index is 13.4. The second-order valence-electron chi connectivity index (χ2n) is 3.39. The molecule has 1 unspecified atom stereocenters. The molecule has 0 heterocycles. The zero-order valence-electron chi connectivity index (χ0n) is 8.89. The van der Waals surface area contributed by atoms with E-state index >= 15 is 0 Å². The minimum absolute atomic E-state index is 0.0513. The fraction of sp³-hybridized carbons (Fsp3) is 0.364. The van der Waals surface area contributed by atoms with Crippen LogP contribution in [0.5, 0.6) is 0 Å². The average molecular weight is 293 g/mol. The summed E-state index contributed by atoms with van der Waals surface area (Å²) in [4.78, 5) is 10.4. The van der Waals surface area contributed by atoms with Crippen molar-refractivity contribution in [2.45, 2.75) is 18.2 Å². The number of hydrogen-bond donors (Lipinski definition) is 0. The molecule has 2 nitrogen and oxygen atoms in total. The van der Waals surface area contributed by atoms with E-state index in [-0.39, 0.29) is 17.5 Å². The van der Waals surface area contributed by atoms with Crippen LogP contribution in [-0.2, 0) is 16.0 Å². The Bertz CT molecular complexity index is 407. The molecule has 0 spiro atoms. The fourth-order valence-corrected chi connectivity index (χ4v) is 1.78. The first-order chi connectivity index (χ1) is 7.45. The standard InChI is InChI=1S/C11H11BrF2O2/c1-6-3-10(14)7(5-9(6)13)4-8(12)11(15)16-2/h3,5,8H,4H2,1-2H3. The monoisotopic (exact) mass is 292 g/mol. The first-order valence-corrected chi connectivity index (χ1v) is 5.53. The van der Waals surface area contributed by atoms with Gasteiger partial charge in [-0.2, -0.15) is 0 Å². The first-order valence-electron chi connectivity index (χ1n) is 4.62. The number of ether oxygens (including phenoxy) is 1. The molecular weight excluding hydrogens is 282 g/mol. The predicted molar refractivity (Wildman–Crippen MR) is 59.5 cm³/mol. The number of carbonyl (C=O) groups excluding carboxylic acids is 1. The zero-order chi connectivity index (χ0) is 12.3. The molecule has 0 saturated carbocycles. The van der Waals surface area contributed by atoms with Crippen LogP contribution in [-0.4, -0.2) is 17.9 Å². The van der Waals surface area contributed by atoms with E-state index in [2.05, 4.69) is 20.7 Å². The average Bonchev–Trinajstić information content (AvgIpc) is 2.24. The number of carbonyl (C=O) groups is 1. The van der Waals surface area contributed by atoms with Crippen LogP contribution >= 0.6 is 15.9 Å². The van der Waals surface area contributed by atoms with E-state index in [1.54, 1.807) is 0 Å². The number of methoxy groups -OCH3 is 1. The van der Waals surface area contributed by atoms with Gasteiger partial charge in [0.2, 0.25) is 0 Å². The third-order valence-electron chi connectivity index (χ3n) is 2.18. The highest BCUT2D eigenvalue weighted by Gasteiger charge is 2.18. The Kier molecular flexibility index (Phi) is 4.41. The molecule has 0 aromatic heterocycles. The number of aryl methyl sites for hydroxylation is 1. The van der Waals surface area contributed by atoms with Gasteiger partial charge in [-0.1, -0.05) is 15.9 Å². The first kappa shape index (κ1) is 13.1. The number of alkyl halides is 1. The summed E-state index contributed by atoms with van der Waals surface area (Å²) < 4.78 is 31.1. The predicted octanol–water partition coefficient (Wildman–Crippen LogP) is 2.75. The summed E-state index contributed by atoms with van der Waals surface area (Å²) in [6.45, 7) is 1.48. The van der Waals surface area contributed by atoms with E-state index in [1.165, 1.54) is 14.0 Å². The van der Waals surface area contributed by atoms with Crippen LogP contribution in [0.15, 0.2) is 12.1 Å². The number of esters is 1. The van der Waals surface area contributed by atoms with E-state index < -0.39 is 22.4 Å². The molecule has 1 aromatic carbocycles. The lowest BCUT2D eigenvalue weighted by atomic mass is 10.1. The van der Waals surface area contributed by atoms with Gasteiger partial charge in [-0.15, -0.1) is 0 Å². The van der Waals surface area contributed by atoms with Crippen LogP contribution < -0.4 is 0 Å². The lowest BCUT2D eigenvalue weighted by Crippen LogP contribution is -2.18. The van der Waals surface area contributed by atoms with E-state index in [9.17, 15) is 13.6 Å². The SMILES string of the molecule is COC(=O)C(Br)Cc1cc(F)c(C)cc1F. The fourth-order valence-electron chi connectivity index (χ4n) is 1.25. The van der Waals surface area contributed by atoms with Crippen molar-refractivity contribution in [3.63, 3.8) is 0 Å². The van der Waals surface area contributed by atoms with Crippen molar-refractivity contribution in [1.82, 2.24) is 0 Å². The molecule has 0 aliphatic heterocycles. The number of rotatable bonds is 3. The Morgan fingerprint density at radius 2 is 2.06 bits per heavy atom. The maximum atomic E-state index is 13.4. The van der Waals surface area contributed by atoms with Crippen molar-refractivity contribution < 1.29 is 18.3 Å². The Morgan fingerprint density at radius 3 is 2.62 bits per heavy atom. The summed E-state index contributed by atoms with van der Waals surface area (Å²) in [5.41, 5.74) is 0.390. The summed E-state index contributed by atoms with van der Waals surface area (Å²) in [6.07, 6.45) is 0.0513. The van der Waals surface area contributed by atoms with Crippen molar-refractivity contribution in [1.29, 1.82) is 0 Å². The normalized spacial score (nSPS) is 12.3. The van der Waals surface area contributed by atoms with Gasteiger partial charge in [0.25, 0.3) is 0 Å². The van der Waals surface area contributed by atoms with E-state index in [4.69, 9.17) is 0 Å². The molecule has 0 radical (unpaired) electrons. The van der Waals surface area contributed by atoms with Gasteiger partial charge in [0.15, 0.2) is 0 Å². The van der Waals surface area contributed by atoms with Gasteiger partial charge < -0.3 is 4.74 Å². The molecule has 0 aliphatic carbocycles. The van der Waals surface area contributed by atoms with Crippen LogP contribution in [0.3, 0.4) is 0 Å². The second kappa shape index (κ2) is 5.39. The summed E-state index contributed by atoms with van der Waals surface area (Å²) in [5.74, 6) is -1.52. The molecule has 0 saturated heterocycles. The molecule has 0 bridgehead atoms. The molecule has 5 heteroatoms. The third-order valence-corrected chi connectivity index (χ3v) is 2.88. The quantitative estimate of drug-likeness (QED) is 0.633. The van der Waals surface area contributed by atoms with Crippen molar-refractivity contribution in [3.05, 3.63) is 34.9 Å². The van der Waals surface area contributed by atoms with Gasteiger partial charge in [0.1, 0.15) is 16.5 Å². The third kappa shape index (κ3) is 3.01. The highest BCUT2D eigenvalue weighted by Crippen LogP contribution is 2.18. The topological polar surface area (TPSA) is 26.3 Å². The number of hydrogen-bond acceptors (Lipinski definition) is 2. The van der Waals surface area contributed by atoms with Crippen molar-refractivity contribution >= 4 is 21.9 Å². The molecular formula is C11H11BrF2O2. The minimum Gasteiger partial charge on any atom is -0.468 e. The van der Waals surface area contributed by atoms with Crippen molar-refractivity contribution in [2.75, 3.05) is 7.11 Å². The smallest absolute Gasteiger partial charge is 0.319 e. The second-order valence-corrected chi connectivity index (χ2v) is 4.49. The molecule has 16 heavy (non-hydrogen) atoms. The maximum Gasteiger partial charge on any atom is 0.319 e. The van der Waals surface area contributed by atoms with Crippen molar-refractivity contribution in [3.8, 4) is 0 Å². The summed E-state index contributed by atoms with van der Waals surface area (Å²) >= 11 is 3.05. The minimum atomic E-state index is -0.672. The van der Waals surface area contributed by atoms with Crippen molar-refractivity contribution in [2.24, 2.45) is 0 Å².